The van der Waals surface area contributed by atoms with E-state index in [1.165, 1.54) is 6.92 Å². The van der Waals surface area contributed by atoms with Crippen molar-refractivity contribution in [3.63, 3.8) is 0 Å². The molecule has 0 aromatic heterocycles. The highest BCUT2D eigenvalue weighted by Crippen LogP contribution is 1.87. The number of rotatable bonds is 4. The Morgan fingerprint density at radius 1 is 1.42 bits per heavy atom. The van der Waals surface area contributed by atoms with Crippen molar-refractivity contribution in [1.29, 1.82) is 0 Å². The Morgan fingerprint density at radius 3 is 2.25 bits per heavy atom. The molecule has 0 heterocycles. The van der Waals surface area contributed by atoms with E-state index in [0.29, 0.717) is 0 Å². The van der Waals surface area contributed by atoms with Crippen molar-refractivity contribution in [2.75, 3.05) is 0 Å². The van der Waals surface area contributed by atoms with Crippen molar-refractivity contribution in [3.05, 3.63) is 0 Å². The summed E-state index contributed by atoms with van der Waals surface area (Å²) >= 11 is 0. The quantitative estimate of drug-likeness (QED) is 0.493. The summed E-state index contributed by atoms with van der Waals surface area (Å²) in [7, 11) is 0. The lowest BCUT2D eigenvalue weighted by Gasteiger charge is -2.10. The first-order chi connectivity index (χ1) is 5.43. The SMILES string of the molecule is CC(N)CC(=O)NC(C)C(N)=O. The van der Waals surface area contributed by atoms with Crippen LogP contribution in [0.3, 0.4) is 0 Å². The molecule has 2 atom stereocenters. The normalized spacial score (nSPS) is 14.9. The highest BCUT2D eigenvalue weighted by Gasteiger charge is 2.12. The van der Waals surface area contributed by atoms with Crippen LogP contribution in [0, 0.1) is 0 Å². The highest BCUT2D eigenvalue weighted by molar-refractivity contribution is 5.86. The Morgan fingerprint density at radius 2 is 1.92 bits per heavy atom. The van der Waals surface area contributed by atoms with Crippen LogP contribution in [0.4, 0.5) is 0 Å². The molecule has 0 saturated carbocycles. The van der Waals surface area contributed by atoms with Crippen molar-refractivity contribution in [1.82, 2.24) is 5.32 Å². The van der Waals surface area contributed by atoms with Gasteiger partial charge in [-0.1, -0.05) is 0 Å². The highest BCUT2D eigenvalue weighted by atomic mass is 16.2. The third-order valence-corrected chi connectivity index (χ3v) is 1.31. The van der Waals surface area contributed by atoms with Crippen molar-refractivity contribution in [2.24, 2.45) is 11.5 Å². The maximum Gasteiger partial charge on any atom is 0.239 e. The van der Waals surface area contributed by atoms with E-state index < -0.39 is 11.9 Å². The van der Waals surface area contributed by atoms with Gasteiger partial charge < -0.3 is 16.8 Å². The van der Waals surface area contributed by atoms with Gasteiger partial charge in [0.15, 0.2) is 0 Å². The lowest BCUT2D eigenvalue weighted by Crippen LogP contribution is -2.43. The number of nitrogens with two attached hydrogens (primary N) is 2. The zero-order chi connectivity index (χ0) is 9.72. The zero-order valence-corrected chi connectivity index (χ0v) is 7.33. The second kappa shape index (κ2) is 4.71. The molecule has 12 heavy (non-hydrogen) atoms. The lowest BCUT2D eigenvalue weighted by molar-refractivity contribution is -0.127. The summed E-state index contributed by atoms with van der Waals surface area (Å²) in [6.45, 7) is 3.25. The minimum Gasteiger partial charge on any atom is -0.368 e. The first-order valence-corrected chi connectivity index (χ1v) is 3.77. The number of carbonyl (C=O) groups excluding carboxylic acids is 2. The van der Waals surface area contributed by atoms with E-state index in [1.54, 1.807) is 6.92 Å². The molecule has 0 aromatic carbocycles. The van der Waals surface area contributed by atoms with Crippen LogP contribution in [0.1, 0.15) is 20.3 Å². The van der Waals surface area contributed by atoms with Gasteiger partial charge in [-0.15, -0.1) is 0 Å². The summed E-state index contributed by atoms with van der Waals surface area (Å²) in [5.41, 5.74) is 10.3. The van der Waals surface area contributed by atoms with Crippen LogP contribution in [0.15, 0.2) is 0 Å². The average molecular weight is 173 g/mol. The first-order valence-electron chi connectivity index (χ1n) is 3.77. The summed E-state index contributed by atoms with van der Waals surface area (Å²) in [5.74, 6) is -0.802. The molecule has 0 rings (SSSR count). The topological polar surface area (TPSA) is 98.2 Å². The molecule has 5 nitrogen and oxygen atoms in total. The van der Waals surface area contributed by atoms with E-state index in [2.05, 4.69) is 5.32 Å². The Balaban J connectivity index is 3.77. The first kappa shape index (κ1) is 10.9. The van der Waals surface area contributed by atoms with Crippen molar-refractivity contribution >= 4 is 11.8 Å². The Bertz CT molecular complexity index is 179. The Hall–Kier alpha value is -1.10. The van der Waals surface area contributed by atoms with Gasteiger partial charge in [-0.3, -0.25) is 9.59 Å². The second-order valence-electron chi connectivity index (χ2n) is 2.87. The standard InChI is InChI=1S/C7H15N3O2/c1-4(8)3-6(11)10-5(2)7(9)12/h4-5H,3,8H2,1-2H3,(H2,9,12)(H,10,11). The molecule has 70 valence electrons. The number of carbonyl (C=O) groups is 2. The lowest BCUT2D eigenvalue weighted by atomic mass is 10.2. The van der Waals surface area contributed by atoms with E-state index in [-0.39, 0.29) is 18.4 Å². The van der Waals surface area contributed by atoms with Crippen LogP contribution in [-0.2, 0) is 9.59 Å². The molecule has 5 heteroatoms. The maximum absolute atomic E-state index is 11.0. The summed E-state index contributed by atoms with van der Waals surface area (Å²) < 4.78 is 0. The predicted octanol–water partition coefficient (Wildman–Crippen LogP) is -1.29. The summed E-state index contributed by atoms with van der Waals surface area (Å²) in [5, 5.41) is 2.42. The van der Waals surface area contributed by atoms with Crippen molar-refractivity contribution < 1.29 is 9.59 Å². The fourth-order valence-electron chi connectivity index (χ4n) is 0.664. The van der Waals surface area contributed by atoms with Crippen molar-refractivity contribution in [3.8, 4) is 0 Å². The number of nitrogens with one attached hydrogen (secondary N) is 1. The third-order valence-electron chi connectivity index (χ3n) is 1.31. The molecular weight excluding hydrogens is 158 g/mol. The van der Waals surface area contributed by atoms with Gasteiger partial charge in [0.1, 0.15) is 6.04 Å². The molecule has 0 fully saturated rings. The number of hydrogen-bond donors (Lipinski definition) is 3. The van der Waals surface area contributed by atoms with E-state index in [1.807, 2.05) is 0 Å². The summed E-state index contributed by atoms with van der Waals surface area (Å²) in [6, 6.07) is -0.832. The van der Waals surface area contributed by atoms with E-state index in [0.717, 1.165) is 0 Å². The van der Waals surface area contributed by atoms with Crippen molar-refractivity contribution in [2.45, 2.75) is 32.4 Å². The van der Waals surface area contributed by atoms with Gasteiger partial charge >= 0.3 is 0 Å². The second-order valence-corrected chi connectivity index (χ2v) is 2.87. The number of hydrogen-bond acceptors (Lipinski definition) is 3. The molecule has 0 aliphatic rings. The minimum absolute atomic E-state index is 0.204. The molecule has 0 spiro atoms. The Kier molecular flexibility index (Phi) is 4.28. The fraction of sp³-hybridized carbons (Fsp3) is 0.714. The summed E-state index contributed by atoms with van der Waals surface area (Å²) in [4.78, 5) is 21.5. The van der Waals surface area contributed by atoms with Gasteiger partial charge in [0, 0.05) is 12.5 Å². The fourth-order valence-corrected chi connectivity index (χ4v) is 0.664. The predicted molar refractivity (Wildman–Crippen MR) is 45.1 cm³/mol. The molecule has 0 aliphatic heterocycles. The van der Waals surface area contributed by atoms with Gasteiger partial charge in [-0.05, 0) is 13.8 Å². The largest absolute Gasteiger partial charge is 0.368 e. The molecule has 0 aliphatic carbocycles. The molecule has 0 bridgehead atoms. The van der Waals surface area contributed by atoms with Gasteiger partial charge in [0.25, 0.3) is 0 Å². The van der Waals surface area contributed by atoms with Crippen LogP contribution in [-0.4, -0.2) is 23.9 Å². The van der Waals surface area contributed by atoms with E-state index in [4.69, 9.17) is 11.5 Å². The third kappa shape index (κ3) is 4.68. The zero-order valence-electron chi connectivity index (χ0n) is 7.33. The van der Waals surface area contributed by atoms with Gasteiger partial charge in [-0.2, -0.15) is 0 Å². The van der Waals surface area contributed by atoms with Crippen LogP contribution >= 0.6 is 0 Å². The number of amides is 2. The average Bonchev–Trinajstić information content (AvgIpc) is 1.84. The molecule has 5 N–H and O–H groups in total. The van der Waals surface area contributed by atoms with Gasteiger partial charge in [0.05, 0.1) is 0 Å². The molecule has 0 aromatic rings. The smallest absolute Gasteiger partial charge is 0.239 e. The Labute approximate surface area is 71.5 Å². The van der Waals surface area contributed by atoms with E-state index in [9.17, 15) is 9.59 Å². The molecule has 2 unspecified atom stereocenters. The van der Waals surface area contributed by atoms with Crippen LogP contribution in [0.5, 0.6) is 0 Å². The molecule has 0 radical (unpaired) electrons. The minimum atomic E-state index is -0.628. The van der Waals surface area contributed by atoms with Gasteiger partial charge in [-0.25, -0.2) is 0 Å². The maximum atomic E-state index is 11.0. The van der Waals surface area contributed by atoms with Crippen LogP contribution < -0.4 is 16.8 Å². The molecule has 2 amide bonds. The van der Waals surface area contributed by atoms with Gasteiger partial charge in [0.2, 0.25) is 11.8 Å². The molecular formula is C7H15N3O2. The summed E-state index contributed by atoms with van der Waals surface area (Å²) in [6.07, 6.45) is 0.206. The monoisotopic (exact) mass is 173 g/mol. The van der Waals surface area contributed by atoms with Crippen LogP contribution in [0.2, 0.25) is 0 Å². The molecule has 0 saturated heterocycles. The van der Waals surface area contributed by atoms with Crippen LogP contribution in [0.25, 0.3) is 0 Å². The number of primary amides is 1. The van der Waals surface area contributed by atoms with E-state index >= 15 is 0 Å².